The van der Waals surface area contributed by atoms with Crippen molar-refractivity contribution < 1.29 is 9.53 Å². The maximum Gasteiger partial charge on any atom is 0.240 e. The summed E-state index contributed by atoms with van der Waals surface area (Å²) in [6, 6.07) is 4.93. The van der Waals surface area contributed by atoms with Gasteiger partial charge in [-0.3, -0.25) is 4.79 Å². The van der Waals surface area contributed by atoms with Crippen molar-refractivity contribution in [2.24, 2.45) is 5.73 Å². The predicted octanol–water partition coefficient (Wildman–Crippen LogP) is 1.29. The van der Waals surface area contributed by atoms with Crippen LogP contribution in [-0.2, 0) is 4.79 Å². The Morgan fingerprint density at radius 2 is 2.20 bits per heavy atom. The molecule has 1 aromatic carbocycles. The first-order chi connectivity index (χ1) is 7.04. The lowest BCUT2D eigenvalue weighted by molar-refractivity contribution is -0.117. The SMILES string of the molecule is COc1ccc(NC(=O)[C@@H](C)N)cc1C. The van der Waals surface area contributed by atoms with E-state index in [1.54, 1.807) is 20.1 Å². The largest absolute Gasteiger partial charge is 0.496 e. The van der Waals surface area contributed by atoms with E-state index in [9.17, 15) is 4.79 Å². The summed E-state index contributed by atoms with van der Waals surface area (Å²) < 4.78 is 5.11. The summed E-state index contributed by atoms with van der Waals surface area (Å²) in [5.74, 6) is 0.605. The summed E-state index contributed by atoms with van der Waals surface area (Å²) in [4.78, 5) is 11.3. The molecule has 1 amide bonds. The van der Waals surface area contributed by atoms with Crippen LogP contribution in [0.1, 0.15) is 12.5 Å². The molecule has 0 spiro atoms. The molecule has 0 radical (unpaired) electrons. The van der Waals surface area contributed by atoms with E-state index in [2.05, 4.69) is 5.32 Å². The summed E-state index contributed by atoms with van der Waals surface area (Å²) in [5, 5.41) is 2.71. The molecule has 1 rings (SSSR count). The number of carbonyl (C=O) groups is 1. The minimum absolute atomic E-state index is 0.195. The van der Waals surface area contributed by atoms with Crippen LogP contribution in [0.25, 0.3) is 0 Å². The zero-order chi connectivity index (χ0) is 11.4. The van der Waals surface area contributed by atoms with Gasteiger partial charge >= 0.3 is 0 Å². The molecular weight excluding hydrogens is 192 g/mol. The van der Waals surface area contributed by atoms with Crippen LogP contribution in [-0.4, -0.2) is 19.1 Å². The van der Waals surface area contributed by atoms with Crippen LogP contribution in [0, 0.1) is 6.92 Å². The van der Waals surface area contributed by atoms with Gasteiger partial charge < -0.3 is 15.8 Å². The summed E-state index contributed by atoms with van der Waals surface area (Å²) in [6.07, 6.45) is 0. The van der Waals surface area contributed by atoms with E-state index >= 15 is 0 Å². The van der Waals surface area contributed by atoms with Gasteiger partial charge in [-0.1, -0.05) is 0 Å². The molecule has 0 unspecified atom stereocenters. The Hall–Kier alpha value is -1.55. The highest BCUT2D eigenvalue weighted by molar-refractivity contribution is 5.94. The molecule has 4 heteroatoms. The van der Waals surface area contributed by atoms with Gasteiger partial charge in [-0.15, -0.1) is 0 Å². The van der Waals surface area contributed by atoms with Gasteiger partial charge in [0.15, 0.2) is 0 Å². The Kier molecular flexibility index (Phi) is 3.68. The summed E-state index contributed by atoms with van der Waals surface area (Å²) in [6.45, 7) is 3.56. The maximum atomic E-state index is 11.3. The topological polar surface area (TPSA) is 64.3 Å². The van der Waals surface area contributed by atoms with Crippen LogP contribution < -0.4 is 15.8 Å². The van der Waals surface area contributed by atoms with Crippen molar-refractivity contribution in [1.82, 2.24) is 0 Å². The van der Waals surface area contributed by atoms with E-state index in [-0.39, 0.29) is 5.91 Å². The summed E-state index contributed by atoms with van der Waals surface area (Å²) in [5.41, 5.74) is 7.15. The van der Waals surface area contributed by atoms with Gasteiger partial charge in [-0.2, -0.15) is 0 Å². The molecule has 0 aromatic heterocycles. The average Bonchev–Trinajstić information content (AvgIpc) is 2.18. The number of amides is 1. The van der Waals surface area contributed by atoms with Crippen molar-refractivity contribution in [1.29, 1.82) is 0 Å². The number of methoxy groups -OCH3 is 1. The smallest absolute Gasteiger partial charge is 0.240 e. The molecule has 0 saturated heterocycles. The second-order valence-electron chi connectivity index (χ2n) is 3.46. The molecule has 15 heavy (non-hydrogen) atoms. The monoisotopic (exact) mass is 208 g/mol. The van der Waals surface area contributed by atoms with Crippen molar-refractivity contribution >= 4 is 11.6 Å². The fourth-order valence-electron chi connectivity index (χ4n) is 1.21. The van der Waals surface area contributed by atoms with Gasteiger partial charge in [0.05, 0.1) is 13.2 Å². The molecule has 0 aliphatic rings. The van der Waals surface area contributed by atoms with Crippen molar-refractivity contribution in [3.8, 4) is 5.75 Å². The average molecular weight is 208 g/mol. The number of anilines is 1. The number of rotatable bonds is 3. The van der Waals surface area contributed by atoms with Crippen LogP contribution in [0.5, 0.6) is 5.75 Å². The number of ether oxygens (including phenoxy) is 1. The minimum atomic E-state index is -0.507. The minimum Gasteiger partial charge on any atom is -0.496 e. The number of carbonyl (C=O) groups excluding carboxylic acids is 1. The quantitative estimate of drug-likeness (QED) is 0.786. The third kappa shape index (κ3) is 2.95. The Morgan fingerprint density at radius 1 is 1.53 bits per heavy atom. The van der Waals surface area contributed by atoms with Gasteiger partial charge in [0, 0.05) is 5.69 Å². The van der Waals surface area contributed by atoms with Crippen LogP contribution in [0.2, 0.25) is 0 Å². The van der Waals surface area contributed by atoms with Crippen molar-refractivity contribution in [3.63, 3.8) is 0 Å². The van der Waals surface area contributed by atoms with E-state index in [0.29, 0.717) is 0 Å². The van der Waals surface area contributed by atoms with Crippen molar-refractivity contribution in [2.75, 3.05) is 12.4 Å². The molecule has 0 aliphatic carbocycles. The van der Waals surface area contributed by atoms with Crippen LogP contribution in [0.3, 0.4) is 0 Å². The molecule has 1 aromatic rings. The molecule has 3 N–H and O–H groups in total. The number of hydrogen-bond donors (Lipinski definition) is 2. The van der Waals surface area contributed by atoms with Crippen LogP contribution in [0.4, 0.5) is 5.69 Å². The van der Waals surface area contributed by atoms with E-state index in [1.165, 1.54) is 0 Å². The normalized spacial score (nSPS) is 12.0. The Labute approximate surface area is 89.4 Å². The van der Waals surface area contributed by atoms with Gasteiger partial charge in [0.25, 0.3) is 0 Å². The van der Waals surface area contributed by atoms with Crippen molar-refractivity contribution in [2.45, 2.75) is 19.9 Å². The lowest BCUT2D eigenvalue weighted by Gasteiger charge is -2.10. The standard InChI is InChI=1S/C11H16N2O2/c1-7-6-9(4-5-10(7)15-3)13-11(14)8(2)12/h4-6,8H,12H2,1-3H3,(H,13,14)/t8-/m1/s1. The lowest BCUT2D eigenvalue weighted by Crippen LogP contribution is -2.32. The van der Waals surface area contributed by atoms with E-state index in [4.69, 9.17) is 10.5 Å². The summed E-state index contributed by atoms with van der Waals surface area (Å²) >= 11 is 0. The Bertz CT molecular complexity index is 362. The van der Waals surface area contributed by atoms with Crippen LogP contribution in [0.15, 0.2) is 18.2 Å². The van der Waals surface area contributed by atoms with Gasteiger partial charge in [-0.25, -0.2) is 0 Å². The zero-order valence-corrected chi connectivity index (χ0v) is 9.20. The number of nitrogens with two attached hydrogens (primary N) is 1. The third-order valence-corrected chi connectivity index (χ3v) is 2.08. The maximum absolute atomic E-state index is 11.3. The number of nitrogens with one attached hydrogen (secondary N) is 1. The zero-order valence-electron chi connectivity index (χ0n) is 9.20. The highest BCUT2D eigenvalue weighted by atomic mass is 16.5. The fourth-order valence-corrected chi connectivity index (χ4v) is 1.21. The highest BCUT2D eigenvalue weighted by Gasteiger charge is 2.08. The molecule has 0 aliphatic heterocycles. The molecular formula is C11H16N2O2. The lowest BCUT2D eigenvalue weighted by atomic mass is 10.2. The van der Waals surface area contributed by atoms with Gasteiger partial charge in [0.1, 0.15) is 5.75 Å². The molecule has 0 heterocycles. The fraction of sp³-hybridized carbons (Fsp3) is 0.364. The van der Waals surface area contributed by atoms with E-state index in [0.717, 1.165) is 17.0 Å². The number of benzene rings is 1. The second-order valence-corrected chi connectivity index (χ2v) is 3.46. The molecule has 0 saturated carbocycles. The van der Waals surface area contributed by atoms with Crippen molar-refractivity contribution in [3.05, 3.63) is 23.8 Å². The third-order valence-electron chi connectivity index (χ3n) is 2.08. The first-order valence-electron chi connectivity index (χ1n) is 4.75. The predicted molar refractivity (Wildman–Crippen MR) is 60.0 cm³/mol. The molecule has 1 atom stereocenters. The highest BCUT2D eigenvalue weighted by Crippen LogP contribution is 2.21. The number of aryl methyl sites for hydroxylation is 1. The first-order valence-corrected chi connectivity index (χ1v) is 4.75. The van der Waals surface area contributed by atoms with Gasteiger partial charge in [0.2, 0.25) is 5.91 Å². The first kappa shape index (κ1) is 11.5. The summed E-state index contributed by atoms with van der Waals surface area (Å²) in [7, 11) is 1.61. The molecule has 4 nitrogen and oxygen atoms in total. The molecule has 0 bridgehead atoms. The molecule has 0 fully saturated rings. The second kappa shape index (κ2) is 4.79. The Morgan fingerprint density at radius 3 is 2.67 bits per heavy atom. The number of hydrogen-bond acceptors (Lipinski definition) is 3. The van der Waals surface area contributed by atoms with Crippen LogP contribution >= 0.6 is 0 Å². The van der Waals surface area contributed by atoms with E-state index < -0.39 is 6.04 Å². The Balaban J connectivity index is 2.80. The molecule has 82 valence electrons. The van der Waals surface area contributed by atoms with E-state index in [1.807, 2.05) is 19.1 Å². The van der Waals surface area contributed by atoms with Gasteiger partial charge in [-0.05, 0) is 37.6 Å².